The normalized spacial score (nSPS) is 22.2. The van der Waals surface area contributed by atoms with Gasteiger partial charge in [0.2, 0.25) is 0 Å². The summed E-state index contributed by atoms with van der Waals surface area (Å²) in [5, 5.41) is 32.3. The van der Waals surface area contributed by atoms with Crippen molar-refractivity contribution in [2.45, 2.75) is 43.1 Å². The van der Waals surface area contributed by atoms with E-state index in [-0.39, 0.29) is 46.8 Å². The van der Waals surface area contributed by atoms with E-state index in [9.17, 15) is 34.2 Å². The van der Waals surface area contributed by atoms with Gasteiger partial charge in [0.05, 0.1) is 16.1 Å². The zero-order valence-corrected chi connectivity index (χ0v) is 24.5. The Kier molecular flexibility index (Phi) is 7.76. The number of nitrogens with one attached hydrogen (secondary N) is 1. The first-order valence-electron chi connectivity index (χ1n) is 12.2. The minimum absolute atomic E-state index is 0.0675. The van der Waals surface area contributed by atoms with E-state index in [4.69, 9.17) is 24.4 Å². The largest absolute Gasteiger partial charge is 0.480 e. The molecule has 0 saturated carbocycles. The third kappa shape index (κ3) is 4.73. The Balaban J connectivity index is 1.26. The quantitative estimate of drug-likeness (QED) is 0.198. The lowest BCUT2D eigenvalue weighted by Gasteiger charge is -2.55. The monoisotopic (exact) mass is 631 g/mol. The number of carbonyl (C=O) groups excluding carboxylic acids is 3. The van der Waals surface area contributed by atoms with Crippen molar-refractivity contribution in [3.63, 3.8) is 0 Å². The van der Waals surface area contributed by atoms with Gasteiger partial charge in [0.15, 0.2) is 5.54 Å². The number of rotatable bonds is 10. The van der Waals surface area contributed by atoms with Gasteiger partial charge < -0.3 is 15.5 Å². The Bertz CT molecular complexity index is 1540. The summed E-state index contributed by atoms with van der Waals surface area (Å²) in [7, 11) is 0. The third-order valence-electron chi connectivity index (χ3n) is 6.93. The number of carboxylic acids is 2. The van der Waals surface area contributed by atoms with E-state index in [1.165, 1.54) is 45.5 Å². The van der Waals surface area contributed by atoms with Gasteiger partial charge in [-0.2, -0.15) is 0 Å². The van der Waals surface area contributed by atoms with Crippen molar-refractivity contribution in [2.75, 3.05) is 5.75 Å². The molecule has 1 fully saturated rings. The summed E-state index contributed by atoms with van der Waals surface area (Å²) >= 11 is 13.2. The van der Waals surface area contributed by atoms with Gasteiger partial charge in [0.1, 0.15) is 27.1 Å². The summed E-state index contributed by atoms with van der Waals surface area (Å²) in [6, 6.07) is 4.75. The highest BCUT2D eigenvalue weighted by Gasteiger charge is 2.64. The molecule has 3 amide bonds. The Morgan fingerprint density at radius 3 is 2.39 bits per heavy atom. The topological polar surface area (TPSA) is 170 Å². The van der Waals surface area contributed by atoms with E-state index in [1.54, 1.807) is 19.1 Å². The van der Waals surface area contributed by atoms with Crippen LogP contribution in [0.1, 0.15) is 50.0 Å². The first-order chi connectivity index (χ1) is 19.5. The van der Waals surface area contributed by atoms with Crippen LogP contribution in [0.2, 0.25) is 0 Å². The maximum Gasteiger partial charge on any atom is 0.353 e. The average Bonchev–Trinajstić information content (AvgIpc) is 3.49. The lowest BCUT2D eigenvalue weighted by atomic mass is 9.87. The molecule has 1 aromatic heterocycles. The lowest BCUT2D eigenvalue weighted by molar-refractivity contribution is -0.151. The zero-order valence-electron chi connectivity index (χ0n) is 21.2. The third-order valence-corrected chi connectivity index (χ3v) is 9.86. The van der Waals surface area contributed by atoms with Gasteiger partial charge in [-0.25, -0.2) is 9.59 Å². The van der Waals surface area contributed by atoms with Crippen LogP contribution < -0.4 is 5.32 Å². The molecule has 1 saturated heterocycles. The van der Waals surface area contributed by atoms with Crippen LogP contribution in [0, 0.1) is 6.92 Å². The van der Waals surface area contributed by atoms with E-state index >= 15 is 0 Å². The number of amides is 3. The van der Waals surface area contributed by atoms with Gasteiger partial charge in [-0.05, 0) is 38.3 Å². The van der Waals surface area contributed by atoms with Crippen molar-refractivity contribution in [1.29, 1.82) is 0 Å². The van der Waals surface area contributed by atoms with Gasteiger partial charge >= 0.3 is 11.9 Å². The van der Waals surface area contributed by atoms with Gasteiger partial charge in [-0.1, -0.05) is 47.9 Å². The van der Waals surface area contributed by atoms with E-state index in [1.807, 2.05) is 0 Å². The molecular formula is C25H21N5O7S4. The highest BCUT2D eigenvalue weighted by molar-refractivity contribution is 8.00. The number of carbonyl (C=O) groups is 5. The molecule has 16 heteroatoms. The van der Waals surface area contributed by atoms with Gasteiger partial charge in [0.25, 0.3) is 17.7 Å². The number of thioether (sulfide) groups is 1. The smallest absolute Gasteiger partial charge is 0.353 e. The molecule has 1 aromatic carbocycles. The molecule has 3 aliphatic heterocycles. The number of hydrogen-bond acceptors (Lipinski definition) is 11. The van der Waals surface area contributed by atoms with Crippen LogP contribution in [0.15, 0.2) is 30.0 Å². The minimum Gasteiger partial charge on any atom is -0.480 e. The molecule has 3 aliphatic rings. The molecule has 12 nitrogen and oxygen atoms in total. The number of hydrogen-bond donors (Lipinski definition) is 3. The zero-order chi connectivity index (χ0) is 29.6. The summed E-state index contributed by atoms with van der Waals surface area (Å²) in [6.45, 7) is 1.75. The fourth-order valence-electron chi connectivity index (χ4n) is 5.02. The Labute approximate surface area is 251 Å². The van der Waals surface area contributed by atoms with Crippen molar-refractivity contribution in [1.82, 2.24) is 25.3 Å². The molecule has 212 valence electrons. The summed E-state index contributed by atoms with van der Waals surface area (Å²) in [5.74, 6) is -4.27. The molecule has 0 bridgehead atoms. The fraction of sp³-hybridized carbons (Fsp3) is 0.320. The second-order valence-electron chi connectivity index (χ2n) is 9.40. The van der Waals surface area contributed by atoms with Crippen molar-refractivity contribution >= 4 is 93.1 Å². The van der Waals surface area contributed by atoms with Gasteiger partial charge in [-0.15, -0.1) is 22.0 Å². The number of benzene rings is 1. The highest BCUT2D eigenvalue weighted by atomic mass is 32.2. The summed E-state index contributed by atoms with van der Waals surface area (Å²) in [6.07, 6.45) is 0.247. The Morgan fingerprint density at radius 1 is 1.20 bits per heavy atom. The summed E-state index contributed by atoms with van der Waals surface area (Å²) < 4.78 is 0. The van der Waals surface area contributed by atoms with E-state index in [0.29, 0.717) is 15.6 Å². The first kappa shape index (κ1) is 28.9. The highest BCUT2D eigenvalue weighted by Crippen LogP contribution is 2.48. The Hall–Kier alpha value is -3.60. The maximum absolute atomic E-state index is 13.4. The number of thiocarbonyl (C=S) groups is 2. The van der Waals surface area contributed by atoms with Crippen LogP contribution in [-0.4, -0.2) is 92.9 Å². The number of fused-ring (bicyclic) bond motifs is 2. The molecule has 4 heterocycles. The maximum atomic E-state index is 13.4. The standard InChI is InChI=1S/C25H21N5O7S4/c1-11-27-28-18(41-11)14-9-40-24-25(10-38,23(37)30(24)17(14)22(35)36)26-16(39)8-4-7-15(21(33)34)29-19(31)12-5-2-3-6-13(12)20(29)32/h2-3,5-6,10,15,24H,4,7-9H2,1H3,(H,26,39)(H,33,34)(H,35,36)/t15?,24-,25?/m0/s1. The van der Waals surface area contributed by atoms with Crippen molar-refractivity contribution in [2.24, 2.45) is 0 Å². The van der Waals surface area contributed by atoms with Crippen molar-refractivity contribution in [3.05, 3.63) is 51.1 Å². The number of nitrogens with zero attached hydrogens (tertiary/aromatic N) is 4. The number of aromatic nitrogens is 2. The molecule has 0 spiro atoms. The van der Waals surface area contributed by atoms with Crippen LogP contribution in [0.3, 0.4) is 0 Å². The second-order valence-corrected chi connectivity index (χ2v) is 12.4. The van der Waals surface area contributed by atoms with E-state index < -0.39 is 46.6 Å². The van der Waals surface area contributed by atoms with Gasteiger partial charge in [-0.3, -0.25) is 24.2 Å². The molecule has 3 atom stereocenters. The predicted octanol–water partition coefficient (Wildman–Crippen LogP) is 2.13. The number of carboxylic acid groups (broad SMARTS) is 2. The van der Waals surface area contributed by atoms with Crippen LogP contribution in [0.25, 0.3) is 5.57 Å². The summed E-state index contributed by atoms with van der Waals surface area (Å²) in [5.41, 5.74) is -0.914. The first-order valence-corrected chi connectivity index (χ1v) is 15.0. The molecule has 3 N–H and O–H groups in total. The number of imide groups is 1. The second kappa shape index (κ2) is 11.0. The molecule has 2 unspecified atom stereocenters. The molecule has 0 aliphatic carbocycles. The number of aliphatic carboxylic acids is 2. The van der Waals surface area contributed by atoms with Crippen molar-refractivity contribution in [3.8, 4) is 0 Å². The molecular weight excluding hydrogens is 611 g/mol. The van der Waals surface area contributed by atoms with Crippen LogP contribution in [-0.2, 0) is 14.4 Å². The molecule has 5 rings (SSSR count). The SMILES string of the molecule is Cc1nnc(C2=C(C(=O)O)N3C(=O)C(C=S)(NC(=S)CCCC(C(=O)O)N4C(=O)c5ccccc5C4=O)[C@@H]3SC2)s1. The van der Waals surface area contributed by atoms with Crippen LogP contribution in [0.5, 0.6) is 0 Å². The molecule has 41 heavy (non-hydrogen) atoms. The number of aryl methyl sites for hydroxylation is 1. The molecule has 2 aromatic rings. The van der Waals surface area contributed by atoms with E-state index in [0.717, 1.165) is 4.90 Å². The number of β-lactam (4-membered cyclic amide) rings is 1. The van der Waals surface area contributed by atoms with Gasteiger partial charge in [0, 0.05) is 16.7 Å². The fourth-order valence-corrected chi connectivity index (χ4v) is 7.97. The molecule has 0 radical (unpaired) electrons. The minimum atomic E-state index is -1.44. The summed E-state index contributed by atoms with van der Waals surface area (Å²) in [4.78, 5) is 65.3. The average molecular weight is 632 g/mol. The Morgan fingerprint density at radius 2 is 1.85 bits per heavy atom. The van der Waals surface area contributed by atoms with Crippen LogP contribution >= 0.6 is 47.5 Å². The predicted molar refractivity (Wildman–Crippen MR) is 157 cm³/mol. The lowest BCUT2D eigenvalue weighted by Crippen LogP contribution is -2.80. The van der Waals surface area contributed by atoms with Crippen LogP contribution in [0.4, 0.5) is 0 Å². The van der Waals surface area contributed by atoms with Crippen molar-refractivity contribution < 1.29 is 34.2 Å². The van der Waals surface area contributed by atoms with E-state index in [2.05, 4.69) is 15.5 Å².